The largest absolute Gasteiger partial charge is 0.522 e. The number of nitrogens with one attached hydrogen (secondary N) is 1. The molecule has 0 radical (unpaired) electrons. The molecule has 0 atom stereocenters. The molecular weight excluding hydrogens is 298 g/mol. The summed E-state index contributed by atoms with van der Waals surface area (Å²) in [6.45, 7) is 6.11. The lowest BCUT2D eigenvalue weighted by molar-refractivity contribution is -0.330. The molecular formula is C16H25F4NO. The summed E-state index contributed by atoms with van der Waals surface area (Å²) in [4.78, 5) is 0. The third-order valence-corrected chi connectivity index (χ3v) is 2.82. The van der Waals surface area contributed by atoms with Crippen molar-refractivity contribution in [3.05, 3.63) is 29.6 Å². The Hall–Kier alpha value is -1.30. The molecule has 22 heavy (non-hydrogen) atoms. The van der Waals surface area contributed by atoms with Crippen LogP contribution in [0.2, 0.25) is 0 Å². The SMILES string of the molecule is CCCC.CCCCNc1cccc(COC(F)(F)F)c1F. The lowest BCUT2D eigenvalue weighted by Crippen LogP contribution is -2.14. The van der Waals surface area contributed by atoms with Crippen LogP contribution < -0.4 is 5.32 Å². The van der Waals surface area contributed by atoms with E-state index in [1.807, 2.05) is 6.92 Å². The summed E-state index contributed by atoms with van der Waals surface area (Å²) < 4.78 is 53.0. The number of rotatable bonds is 7. The Kier molecular flexibility index (Phi) is 10.6. The van der Waals surface area contributed by atoms with Crippen molar-refractivity contribution >= 4 is 5.69 Å². The van der Waals surface area contributed by atoms with Gasteiger partial charge in [-0.3, -0.25) is 4.74 Å². The van der Waals surface area contributed by atoms with Gasteiger partial charge in [-0.05, 0) is 12.5 Å². The maximum absolute atomic E-state index is 13.8. The maximum Gasteiger partial charge on any atom is 0.522 e. The van der Waals surface area contributed by atoms with E-state index in [-0.39, 0.29) is 11.3 Å². The Balaban J connectivity index is 0.000000980. The molecule has 6 heteroatoms. The van der Waals surface area contributed by atoms with Gasteiger partial charge in [0.15, 0.2) is 5.82 Å². The third kappa shape index (κ3) is 9.60. The van der Waals surface area contributed by atoms with Crippen molar-refractivity contribution in [2.75, 3.05) is 11.9 Å². The van der Waals surface area contributed by atoms with E-state index in [4.69, 9.17) is 0 Å². The topological polar surface area (TPSA) is 21.3 Å². The van der Waals surface area contributed by atoms with E-state index < -0.39 is 18.8 Å². The zero-order chi connectivity index (χ0) is 17.0. The maximum atomic E-state index is 13.8. The highest BCUT2D eigenvalue weighted by atomic mass is 19.4. The zero-order valence-corrected chi connectivity index (χ0v) is 13.4. The predicted octanol–water partition coefficient (Wildman–Crippen LogP) is 5.88. The number of benzene rings is 1. The van der Waals surface area contributed by atoms with Crippen molar-refractivity contribution in [1.82, 2.24) is 0 Å². The number of unbranched alkanes of at least 4 members (excludes halogenated alkanes) is 2. The number of ether oxygens (including phenoxy) is 1. The Morgan fingerprint density at radius 1 is 1.05 bits per heavy atom. The molecule has 1 aromatic rings. The standard InChI is InChI=1S/C12H15F4NO.C4H10/c1-2-3-7-17-10-6-4-5-9(11(10)13)8-18-12(14,15)16;1-3-4-2/h4-6,17H,2-3,7-8H2,1H3;3-4H2,1-2H3. The van der Waals surface area contributed by atoms with Crippen LogP contribution in [0.3, 0.4) is 0 Å². The van der Waals surface area contributed by atoms with E-state index in [0.717, 1.165) is 12.8 Å². The van der Waals surface area contributed by atoms with Crippen molar-refractivity contribution in [3.63, 3.8) is 0 Å². The number of alkyl halides is 3. The van der Waals surface area contributed by atoms with Gasteiger partial charge in [0.2, 0.25) is 0 Å². The molecule has 0 aliphatic heterocycles. The van der Waals surface area contributed by atoms with Gasteiger partial charge >= 0.3 is 6.36 Å². The van der Waals surface area contributed by atoms with Gasteiger partial charge in [-0.25, -0.2) is 4.39 Å². The summed E-state index contributed by atoms with van der Waals surface area (Å²) in [5, 5.41) is 2.84. The average molecular weight is 323 g/mol. The number of anilines is 1. The Morgan fingerprint density at radius 2 is 1.68 bits per heavy atom. The first-order chi connectivity index (χ1) is 10.4. The van der Waals surface area contributed by atoms with Gasteiger partial charge in [-0.2, -0.15) is 0 Å². The quantitative estimate of drug-likeness (QED) is 0.500. The van der Waals surface area contributed by atoms with Crippen LogP contribution in [0.4, 0.5) is 23.2 Å². The van der Waals surface area contributed by atoms with Crippen molar-refractivity contribution < 1.29 is 22.3 Å². The second-order valence-corrected chi connectivity index (χ2v) is 4.79. The molecule has 1 aromatic carbocycles. The highest BCUT2D eigenvalue weighted by molar-refractivity contribution is 5.47. The fourth-order valence-corrected chi connectivity index (χ4v) is 1.39. The van der Waals surface area contributed by atoms with Gasteiger partial charge in [0.25, 0.3) is 0 Å². The van der Waals surface area contributed by atoms with Crippen LogP contribution in [0, 0.1) is 5.82 Å². The molecule has 0 bridgehead atoms. The minimum Gasteiger partial charge on any atom is -0.383 e. The number of hydrogen-bond acceptors (Lipinski definition) is 2. The molecule has 0 heterocycles. The van der Waals surface area contributed by atoms with Gasteiger partial charge < -0.3 is 5.32 Å². The first kappa shape index (κ1) is 20.7. The van der Waals surface area contributed by atoms with Crippen LogP contribution in [0.1, 0.15) is 52.0 Å². The van der Waals surface area contributed by atoms with Gasteiger partial charge in [0.05, 0.1) is 12.3 Å². The molecule has 1 rings (SSSR count). The van der Waals surface area contributed by atoms with Crippen LogP contribution >= 0.6 is 0 Å². The molecule has 0 aliphatic carbocycles. The normalized spacial score (nSPS) is 10.9. The van der Waals surface area contributed by atoms with Crippen LogP contribution in [0.15, 0.2) is 18.2 Å². The minimum atomic E-state index is -4.75. The van der Waals surface area contributed by atoms with Crippen molar-refractivity contribution in [3.8, 4) is 0 Å². The molecule has 0 saturated heterocycles. The summed E-state index contributed by atoms with van der Waals surface area (Å²) in [7, 11) is 0. The summed E-state index contributed by atoms with van der Waals surface area (Å²) in [6.07, 6.45) is -0.299. The van der Waals surface area contributed by atoms with E-state index in [0.29, 0.717) is 6.54 Å². The highest BCUT2D eigenvalue weighted by Crippen LogP contribution is 2.23. The van der Waals surface area contributed by atoms with Gasteiger partial charge in [-0.15, -0.1) is 13.2 Å². The fraction of sp³-hybridized carbons (Fsp3) is 0.625. The third-order valence-electron chi connectivity index (χ3n) is 2.82. The smallest absolute Gasteiger partial charge is 0.383 e. The highest BCUT2D eigenvalue weighted by Gasteiger charge is 2.29. The van der Waals surface area contributed by atoms with Crippen molar-refractivity contribution in [2.24, 2.45) is 0 Å². The number of hydrogen-bond donors (Lipinski definition) is 1. The zero-order valence-electron chi connectivity index (χ0n) is 13.4. The fourth-order valence-electron chi connectivity index (χ4n) is 1.39. The summed E-state index contributed by atoms with van der Waals surface area (Å²) in [5.41, 5.74) is 0.0838. The number of halogens is 4. The second-order valence-electron chi connectivity index (χ2n) is 4.79. The summed E-state index contributed by atoms with van der Waals surface area (Å²) in [6, 6.07) is 4.25. The Morgan fingerprint density at radius 3 is 2.18 bits per heavy atom. The van der Waals surface area contributed by atoms with Crippen molar-refractivity contribution in [1.29, 1.82) is 0 Å². The molecule has 128 valence electrons. The van der Waals surface area contributed by atoms with E-state index in [9.17, 15) is 17.6 Å². The molecule has 0 saturated carbocycles. The second kappa shape index (κ2) is 11.3. The molecule has 0 amide bonds. The summed E-state index contributed by atoms with van der Waals surface area (Å²) in [5.74, 6) is -0.696. The first-order valence-corrected chi connectivity index (χ1v) is 7.57. The van der Waals surface area contributed by atoms with Crippen molar-refractivity contribution in [2.45, 2.75) is 59.4 Å². The molecule has 1 N–H and O–H groups in total. The van der Waals surface area contributed by atoms with E-state index >= 15 is 0 Å². The van der Waals surface area contributed by atoms with Crippen LogP contribution in [0.25, 0.3) is 0 Å². The monoisotopic (exact) mass is 323 g/mol. The van der Waals surface area contributed by atoms with Crippen LogP contribution in [-0.2, 0) is 11.3 Å². The predicted molar refractivity (Wildman–Crippen MR) is 81.2 cm³/mol. The lowest BCUT2D eigenvalue weighted by atomic mass is 10.2. The average Bonchev–Trinajstić information content (AvgIpc) is 2.47. The van der Waals surface area contributed by atoms with E-state index in [1.54, 1.807) is 0 Å². The van der Waals surface area contributed by atoms with Gasteiger partial charge in [0.1, 0.15) is 0 Å². The molecule has 0 aliphatic rings. The molecule has 0 fully saturated rings. The molecule has 0 aromatic heterocycles. The molecule has 2 nitrogen and oxygen atoms in total. The summed E-state index contributed by atoms with van der Waals surface area (Å²) >= 11 is 0. The lowest BCUT2D eigenvalue weighted by Gasteiger charge is -2.11. The van der Waals surface area contributed by atoms with E-state index in [1.165, 1.54) is 31.0 Å². The Bertz CT molecular complexity index is 406. The minimum absolute atomic E-state index is 0.117. The Labute approximate surface area is 129 Å². The molecule has 0 spiro atoms. The van der Waals surface area contributed by atoms with E-state index in [2.05, 4.69) is 23.9 Å². The first-order valence-electron chi connectivity index (χ1n) is 7.57. The molecule has 0 unspecified atom stereocenters. The van der Waals surface area contributed by atoms with Gasteiger partial charge in [0, 0.05) is 12.1 Å². The van der Waals surface area contributed by atoms with Crippen LogP contribution in [0.5, 0.6) is 0 Å². The van der Waals surface area contributed by atoms with Crippen LogP contribution in [-0.4, -0.2) is 12.9 Å². The van der Waals surface area contributed by atoms with Gasteiger partial charge in [-0.1, -0.05) is 52.2 Å².